The van der Waals surface area contributed by atoms with Crippen LogP contribution in [0.5, 0.6) is 0 Å². The van der Waals surface area contributed by atoms with Crippen LogP contribution >= 0.6 is 15.9 Å². The molecule has 1 aromatic rings. The molecular formula is C11H13BrFNO2S. The molecule has 1 fully saturated rings. The van der Waals surface area contributed by atoms with Gasteiger partial charge in [0.05, 0.1) is 9.37 Å². The van der Waals surface area contributed by atoms with Crippen LogP contribution in [0.4, 0.5) is 4.39 Å². The molecule has 6 heteroatoms. The molecule has 0 amide bonds. The number of sulfonamides is 1. The molecule has 1 aliphatic rings. The predicted octanol–water partition coefficient (Wildman–Crippen LogP) is 2.81. The summed E-state index contributed by atoms with van der Waals surface area (Å²) in [4.78, 5) is -0.0358. The molecule has 0 bridgehead atoms. The van der Waals surface area contributed by atoms with Crippen LogP contribution in [-0.4, -0.2) is 14.0 Å². The van der Waals surface area contributed by atoms with E-state index in [-0.39, 0.29) is 14.9 Å². The molecule has 0 aromatic heterocycles. The van der Waals surface area contributed by atoms with Crippen LogP contribution in [-0.2, 0) is 10.0 Å². The van der Waals surface area contributed by atoms with Crippen molar-refractivity contribution >= 4 is 26.0 Å². The van der Waals surface area contributed by atoms with Crippen LogP contribution in [0.25, 0.3) is 0 Å². The fourth-order valence-electron chi connectivity index (χ4n) is 1.84. The molecule has 0 heterocycles. The van der Waals surface area contributed by atoms with Gasteiger partial charge in [-0.25, -0.2) is 17.5 Å². The van der Waals surface area contributed by atoms with E-state index in [2.05, 4.69) is 20.7 Å². The third kappa shape index (κ3) is 2.69. The van der Waals surface area contributed by atoms with Crippen molar-refractivity contribution in [3.63, 3.8) is 0 Å². The van der Waals surface area contributed by atoms with Crippen LogP contribution in [0, 0.1) is 5.82 Å². The van der Waals surface area contributed by atoms with E-state index in [9.17, 15) is 12.8 Å². The second kappa shape index (κ2) is 4.33. The fourth-order valence-corrected chi connectivity index (χ4v) is 3.56. The zero-order chi connectivity index (χ0) is 12.7. The van der Waals surface area contributed by atoms with Crippen LogP contribution in [0.3, 0.4) is 0 Å². The average Bonchev–Trinajstić information content (AvgIpc) is 2.19. The van der Waals surface area contributed by atoms with Gasteiger partial charge in [-0.05, 0) is 60.3 Å². The Kier molecular flexibility index (Phi) is 3.31. The van der Waals surface area contributed by atoms with Crippen LogP contribution in [0.1, 0.15) is 26.2 Å². The van der Waals surface area contributed by atoms with Crippen molar-refractivity contribution < 1.29 is 12.8 Å². The maximum absolute atomic E-state index is 13.3. The second-order valence-corrected chi connectivity index (χ2v) is 7.13. The first-order valence-corrected chi connectivity index (χ1v) is 7.59. The van der Waals surface area contributed by atoms with Crippen molar-refractivity contribution in [2.45, 2.75) is 36.6 Å². The summed E-state index contributed by atoms with van der Waals surface area (Å²) in [5, 5.41) is 0. The molecule has 3 nitrogen and oxygen atoms in total. The number of halogens is 2. The predicted molar refractivity (Wildman–Crippen MR) is 66.7 cm³/mol. The van der Waals surface area contributed by atoms with Gasteiger partial charge in [0.1, 0.15) is 5.82 Å². The lowest BCUT2D eigenvalue weighted by atomic mass is 9.80. The van der Waals surface area contributed by atoms with Gasteiger partial charge in [-0.1, -0.05) is 0 Å². The Labute approximate surface area is 109 Å². The highest BCUT2D eigenvalue weighted by Gasteiger charge is 2.36. The minimum Gasteiger partial charge on any atom is -0.207 e. The van der Waals surface area contributed by atoms with E-state index in [4.69, 9.17) is 0 Å². The Morgan fingerprint density at radius 1 is 1.41 bits per heavy atom. The summed E-state index contributed by atoms with van der Waals surface area (Å²) in [5.41, 5.74) is -0.373. The summed E-state index contributed by atoms with van der Waals surface area (Å²) in [5.74, 6) is -0.577. The van der Waals surface area contributed by atoms with Crippen LogP contribution in [0.2, 0.25) is 0 Å². The van der Waals surface area contributed by atoms with Crippen molar-refractivity contribution in [1.29, 1.82) is 0 Å². The van der Waals surface area contributed by atoms with Gasteiger partial charge >= 0.3 is 0 Å². The van der Waals surface area contributed by atoms with Crippen LogP contribution < -0.4 is 4.72 Å². The minimum absolute atomic E-state index is 0.0358. The number of hydrogen-bond donors (Lipinski definition) is 1. The maximum Gasteiger partial charge on any atom is 0.241 e. The summed E-state index contributed by atoms with van der Waals surface area (Å²) >= 11 is 2.99. The van der Waals surface area contributed by atoms with Crippen LogP contribution in [0.15, 0.2) is 27.6 Å². The fraction of sp³-hybridized carbons (Fsp3) is 0.455. The van der Waals surface area contributed by atoms with Gasteiger partial charge in [-0.15, -0.1) is 0 Å². The van der Waals surface area contributed by atoms with Gasteiger partial charge in [0.25, 0.3) is 0 Å². The Balaban J connectivity index is 2.28. The van der Waals surface area contributed by atoms with E-state index in [1.165, 1.54) is 12.1 Å². The monoisotopic (exact) mass is 321 g/mol. The Bertz CT molecular complexity index is 540. The normalized spacial score (nSPS) is 18.8. The van der Waals surface area contributed by atoms with Gasteiger partial charge in [0, 0.05) is 5.54 Å². The standard InChI is InChI=1S/C11H13BrFNO2S/c1-11(5-2-6-11)14-17(15,16)8-3-4-9(12)10(13)7-8/h3-4,7,14H,2,5-6H2,1H3. The first-order chi connectivity index (χ1) is 7.82. The maximum atomic E-state index is 13.3. The molecule has 17 heavy (non-hydrogen) atoms. The molecule has 1 N–H and O–H groups in total. The molecule has 0 spiro atoms. The number of hydrogen-bond acceptors (Lipinski definition) is 2. The summed E-state index contributed by atoms with van der Waals surface area (Å²) in [6.07, 6.45) is 2.67. The van der Waals surface area contributed by atoms with Gasteiger partial charge in [-0.3, -0.25) is 0 Å². The van der Waals surface area contributed by atoms with E-state index in [1.54, 1.807) is 0 Å². The third-order valence-corrected chi connectivity index (χ3v) is 5.32. The molecule has 0 unspecified atom stereocenters. The van der Waals surface area contributed by atoms with Crippen molar-refractivity contribution in [2.75, 3.05) is 0 Å². The second-order valence-electron chi connectivity index (χ2n) is 4.60. The Hall–Kier alpha value is -0.460. The Morgan fingerprint density at radius 3 is 2.53 bits per heavy atom. The molecule has 94 valence electrons. The Morgan fingerprint density at radius 2 is 2.06 bits per heavy atom. The zero-order valence-electron chi connectivity index (χ0n) is 9.33. The van der Waals surface area contributed by atoms with E-state index >= 15 is 0 Å². The van der Waals surface area contributed by atoms with Gasteiger partial charge in [-0.2, -0.15) is 0 Å². The van der Waals surface area contributed by atoms with E-state index in [0.717, 1.165) is 25.3 Å². The van der Waals surface area contributed by atoms with Crippen molar-refractivity contribution in [1.82, 2.24) is 4.72 Å². The molecule has 0 atom stereocenters. The minimum atomic E-state index is -3.63. The topological polar surface area (TPSA) is 46.2 Å². The van der Waals surface area contributed by atoms with E-state index in [1.807, 2.05) is 6.92 Å². The van der Waals surface area contributed by atoms with Gasteiger partial charge in [0.2, 0.25) is 10.0 Å². The van der Waals surface area contributed by atoms with Crippen molar-refractivity contribution in [3.05, 3.63) is 28.5 Å². The van der Waals surface area contributed by atoms with Gasteiger partial charge < -0.3 is 0 Å². The highest BCUT2D eigenvalue weighted by molar-refractivity contribution is 9.10. The molecule has 0 radical (unpaired) electrons. The third-order valence-electron chi connectivity index (χ3n) is 3.04. The summed E-state index contributed by atoms with van der Waals surface area (Å²) in [6, 6.07) is 3.80. The SMILES string of the molecule is CC1(NS(=O)(=O)c2ccc(Br)c(F)c2)CCC1. The molecule has 1 aromatic carbocycles. The van der Waals surface area contributed by atoms with Gasteiger partial charge in [0.15, 0.2) is 0 Å². The smallest absolute Gasteiger partial charge is 0.207 e. The van der Waals surface area contributed by atoms with Crippen molar-refractivity contribution in [2.24, 2.45) is 0 Å². The molecule has 0 aliphatic heterocycles. The first kappa shape index (κ1) is 13.0. The number of rotatable bonds is 3. The molecule has 0 saturated heterocycles. The summed E-state index contributed by atoms with van der Waals surface area (Å²) in [7, 11) is -3.63. The first-order valence-electron chi connectivity index (χ1n) is 5.31. The molecule has 2 rings (SSSR count). The summed E-state index contributed by atoms with van der Waals surface area (Å²) < 4.78 is 40.2. The lowest BCUT2D eigenvalue weighted by Crippen LogP contribution is -2.50. The number of benzene rings is 1. The van der Waals surface area contributed by atoms with E-state index < -0.39 is 15.8 Å². The molecule has 1 aliphatic carbocycles. The quantitative estimate of drug-likeness (QED) is 0.930. The lowest BCUT2D eigenvalue weighted by molar-refractivity contribution is 0.248. The molecule has 1 saturated carbocycles. The lowest BCUT2D eigenvalue weighted by Gasteiger charge is -2.38. The van der Waals surface area contributed by atoms with Crippen molar-refractivity contribution in [3.8, 4) is 0 Å². The zero-order valence-corrected chi connectivity index (χ0v) is 11.7. The summed E-state index contributed by atoms with van der Waals surface area (Å²) in [6.45, 7) is 1.86. The highest BCUT2D eigenvalue weighted by Crippen LogP contribution is 2.32. The van der Waals surface area contributed by atoms with E-state index in [0.29, 0.717) is 0 Å². The largest absolute Gasteiger partial charge is 0.241 e. The average molecular weight is 322 g/mol. The molecular weight excluding hydrogens is 309 g/mol. The highest BCUT2D eigenvalue weighted by atomic mass is 79.9. The number of nitrogens with one attached hydrogen (secondary N) is 1.